The van der Waals surface area contributed by atoms with Gasteiger partial charge < -0.3 is 19.7 Å². The molecule has 5 rings (SSSR count). The first-order chi connectivity index (χ1) is 17.7. The Hall–Kier alpha value is -4.40. The predicted octanol–water partition coefficient (Wildman–Crippen LogP) is 3.75. The van der Waals surface area contributed by atoms with Crippen LogP contribution >= 0.6 is 0 Å². The van der Waals surface area contributed by atoms with E-state index in [0.29, 0.717) is 35.2 Å². The molecule has 2 aromatic heterocycles. The second-order valence-corrected chi connectivity index (χ2v) is 8.55. The lowest BCUT2D eigenvalue weighted by atomic mass is 10.0. The van der Waals surface area contributed by atoms with Gasteiger partial charge in [0.25, 0.3) is 5.91 Å². The molecule has 1 amide bonds. The second kappa shape index (κ2) is 10.5. The van der Waals surface area contributed by atoms with Crippen molar-refractivity contribution in [2.45, 2.75) is 18.9 Å². The van der Waals surface area contributed by atoms with Gasteiger partial charge in [0.2, 0.25) is 5.95 Å². The van der Waals surface area contributed by atoms with Crippen molar-refractivity contribution in [2.75, 3.05) is 32.2 Å². The van der Waals surface area contributed by atoms with Crippen LogP contribution in [0.4, 0.5) is 5.95 Å². The third-order valence-electron chi connectivity index (χ3n) is 6.24. The number of hydrogen-bond acceptors (Lipinski definition) is 7. The Morgan fingerprint density at radius 3 is 2.53 bits per heavy atom. The second-order valence-electron chi connectivity index (χ2n) is 8.55. The fraction of sp³-hybridized carbons (Fsp3) is 0.259. The van der Waals surface area contributed by atoms with Gasteiger partial charge >= 0.3 is 0 Å². The molecule has 184 valence electrons. The van der Waals surface area contributed by atoms with Gasteiger partial charge in [-0.25, -0.2) is 14.6 Å². The lowest BCUT2D eigenvalue weighted by molar-refractivity contribution is 0.0928. The number of aromatic nitrogens is 4. The van der Waals surface area contributed by atoms with Gasteiger partial charge in [-0.3, -0.25) is 4.79 Å². The molecule has 4 aromatic rings. The van der Waals surface area contributed by atoms with E-state index in [4.69, 9.17) is 14.6 Å². The Kier molecular flexibility index (Phi) is 6.79. The number of ether oxygens (including phenoxy) is 2. The van der Waals surface area contributed by atoms with E-state index in [1.807, 2.05) is 54.7 Å². The molecule has 36 heavy (non-hydrogen) atoms. The van der Waals surface area contributed by atoms with Crippen LogP contribution in [-0.2, 0) is 0 Å². The molecule has 1 unspecified atom stereocenters. The third-order valence-corrected chi connectivity index (χ3v) is 6.24. The molecule has 3 heterocycles. The Bertz CT molecular complexity index is 1330. The summed E-state index contributed by atoms with van der Waals surface area (Å²) >= 11 is 0. The molecule has 1 fully saturated rings. The molecule has 1 aliphatic heterocycles. The summed E-state index contributed by atoms with van der Waals surface area (Å²) in [6.07, 6.45) is 7.15. The quantitative estimate of drug-likeness (QED) is 0.427. The van der Waals surface area contributed by atoms with E-state index in [9.17, 15) is 4.79 Å². The van der Waals surface area contributed by atoms with Crippen LogP contribution in [0, 0.1) is 0 Å². The van der Waals surface area contributed by atoms with Crippen LogP contribution in [0.1, 0.15) is 23.3 Å². The Morgan fingerprint density at radius 1 is 1.00 bits per heavy atom. The van der Waals surface area contributed by atoms with Gasteiger partial charge in [0, 0.05) is 43.3 Å². The van der Waals surface area contributed by atoms with Crippen molar-refractivity contribution in [1.82, 2.24) is 25.1 Å². The van der Waals surface area contributed by atoms with E-state index in [1.54, 1.807) is 37.4 Å². The van der Waals surface area contributed by atoms with E-state index >= 15 is 0 Å². The summed E-state index contributed by atoms with van der Waals surface area (Å²) in [5.74, 6) is 1.65. The number of nitrogens with one attached hydrogen (secondary N) is 1. The summed E-state index contributed by atoms with van der Waals surface area (Å²) < 4.78 is 12.6. The molecule has 0 spiro atoms. The summed E-state index contributed by atoms with van der Waals surface area (Å²) in [7, 11) is 3.19. The van der Waals surface area contributed by atoms with E-state index in [1.165, 1.54) is 0 Å². The molecule has 1 atom stereocenters. The smallest absolute Gasteiger partial charge is 0.272 e. The van der Waals surface area contributed by atoms with Gasteiger partial charge in [-0.15, -0.1) is 0 Å². The van der Waals surface area contributed by atoms with Gasteiger partial charge in [-0.2, -0.15) is 5.10 Å². The molecule has 0 bridgehead atoms. The highest BCUT2D eigenvalue weighted by molar-refractivity contribution is 5.99. The molecule has 1 aliphatic rings. The Morgan fingerprint density at radius 2 is 1.78 bits per heavy atom. The van der Waals surface area contributed by atoms with Crippen LogP contribution in [0.15, 0.2) is 73.2 Å². The molecular formula is C27H28N6O3. The molecule has 9 nitrogen and oxygen atoms in total. The molecule has 9 heteroatoms. The first kappa shape index (κ1) is 23.3. The number of para-hydroxylation sites is 1. The highest BCUT2D eigenvalue weighted by Gasteiger charge is 2.26. The number of anilines is 1. The van der Waals surface area contributed by atoms with E-state index in [2.05, 4.69) is 20.2 Å². The van der Waals surface area contributed by atoms with Crippen molar-refractivity contribution < 1.29 is 14.3 Å². The van der Waals surface area contributed by atoms with Crippen LogP contribution in [0.25, 0.3) is 16.8 Å². The van der Waals surface area contributed by atoms with Crippen LogP contribution in [0.3, 0.4) is 0 Å². The number of carbonyl (C=O) groups excluding carboxylic acids is 1. The molecule has 1 saturated heterocycles. The maximum atomic E-state index is 13.6. The summed E-state index contributed by atoms with van der Waals surface area (Å²) in [4.78, 5) is 24.4. The lowest BCUT2D eigenvalue weighted by Crippen LogP contribution is -2.48. The summed E-state index contributed by atoms with van der Waals surface area (Å²) in [6, 6.07) is 17.1. The van der Waals surface area contributed by atoms with Gasteiger partial charge in [0.15, 0.2) is 17.2 Å². The number of hydrogen-bond donors (Lipinski definition) is 1. The maximum Gasteiger partial charge on any atom is 0.272 e. The van der Waals surface area contributed by atoms with Gasteiger partial charge in [0.1, 0.15) is 0 Å². The number of nitrogens with zero attached hydrogens (tertiary/aromatic N) is 5. The lowest BCUT2D eigenvalue weighted by Gasteiger charge is -2.33. The Labute approximate surface area is 209 Å². The van der Waals surface area contributed by atoms with Crippen molar-refractivity contribution in [1.29, 1.82) is 0 Å². The van der Waals surface area contributed by atoms with Crippen molar-refractivity contribution >= 4 is 11.9 Å². The standard InChI is InChI=1S/C27H28N6O3/c1-35-23-12-11-19(16-24(23)36-2)22-18-33(21-9-4-3-5-10-21)31-25(22)26(34)30-20-8-6-15-32(17-20)27-28-13-7-14-29-27/h3-5,7,9-14,16,18,20H,6,8,15,17H2,1-2H3,(H,30,34). The zero-order chi connectivity index (χ0) is 24.9. The number of rotatable bonds is 7. The van der Waals surface area contributed by atoms with Crippen molar-refractivity contribution in [3.05, 3.63) is 78.9 Å². The number of benzene rings is 2. The maximum absolute atomic E-state index is 13.6. The largest absolute Gasteiger partial charge is 0.493 e. The summed E-state index contributed by atoms with van der Waals surface area (Å²) in [5.41, 5.74) is 2.72. The molecule has 0 radical (unpaired) electrons. The zero-order valence-electron chi connectivity index (χ0n) is 20.3. The van der Waals surface area contributed by atoms with E-state index in [-0.39, 0.29) is 11.9 Å². The van der Waals surface area contributed by atoms with Crippen LogP contribution < -0.4 is 19.7 Å². The number of amides is 1. The van der Waals surface area contributed by atoms with Crippen molar-refractivity contribution in [3.63, 3.8) is 0 Å². The summed E-state index contributed by atoms with van der Waals surface area (Å²) in [5, 5.41) is 7.88. The van der Waals surface area contributed by atoms with Crippen LogP contribution in [0.2, 0.25) is 0 Å². The van der Waals surface area contributed by atoms with Gasteiger partial charge in [0.05, 0.1) is 19.9 Å². The number of carbonyl (C=O) groups is 1. The van der Waals surface area contributed by atoms with Crippen molar-refractivity contribution in [2.24, 2.45) is 0 Å². The van der Waals surface area contributed by atoms with Crippen molar-refractivity contribution in [3.8, 4) is 28.3 Å². The zero-order valence-corrected chi connectivity index (χ0v) is 20.3. The minimum absolute atomic E-state index is 0.0461. The summed E-state index contributed by atoms with van der Waals surface area (Å²) in [6.45, 7) is 1.50. The third kappa shape index (κ3) is 4.86. The van der Waals surface area contributed by atoms with E-state index in [0.717, 1.165) is 30.6 Å². The molecule has 0 aliphatic carbocycles. The molecule has 2 aromatic carbocycles. The number of methoxy groups -OCH3 is 2. The number of piperidine rings is 1. The first-order valence-corrected chi connectivity index (χ1v) is 11.9. The SMILES string of the molecule is COc1ccc(-c2cn(-c3ccccc3)nc2C(=O)NC2CCCN(c3ncccn3)C2)cc1OC. The monoisotopic (exact) mass is 484 g/mol. The Balaban J connectivity index is 1.45. The van der Waals surface area contributed by atoms with Gasteiger partial charge in [-0.1, -0.05) is 24.3 Å². The fourth-order valence-electron chi connectivity index (χ4n) is 4.45. The highest BCUT2D eigenvalue weighted by atomic mass is 16.5. The highest BCUT2D eigenvalue weighted by Crippen LogP contribution is 2.34. The average molecular weight is 485 g/mol. The first-order valence-electron chi connectivity index (χ1n) is 11.9. The van der Waals surface area contributed by atoms with Gasteiger partial charge in [-0.05, 0) is 48.7 Å². The minimum Gasteiger partial charge on any atom is -0.493 e. The van der Waals surface area contributed by atoms with Crippen LogP contribution in [0.5, 0.6) is 11.5 Å². The topological polar surface area (TPSA) is 94.4 Å². The fourth-order valence-corrected chi connectivity index (χ4v) is 4.45. The molecular weight excluding hydrogens is 456 g/mol. The molecule has 1 N–H and O–H groups in total. The average Bonchev–Trinajstić information content (AvgIpc) is 3.40. The van der Waals surface area contributed by atoms with E-state index < -0.39 is 0 Å². The normalized spacial score (nSPS) is 15.4. The predicted molar refractivity (Wildman–Crippen MR) is 137 cm³/mol. The van der Waals surface area contributed by atoms with Crippen LogP contribution in [-0.4, -0.2) is 59.0 Å². The minimum atomic E-state index is -0.227. The molecule has 0 saturated carbocycles.